The van der Waals surface area contributed by atoms with Crippen LogP contribution in [-0.4, -0.2) is 41.0 Å². The van der Waals surface area contributed by atoms with Gasteiger partial charge in [-0.05, 0) is 55.8 Å². The summed E-state index contributed by atoms with van der Waals surface area (Å²) in [7, 11) is 2.04. The molecule has 2 heterocycles. The van der Waals surface area contributed by atoms with E-state index in [-0.39, 0.29) is 29.7 Å². The summed E-state index contributed by atoms with van der Waals surface area (Å²) >= 11 is 12.5. The number of anilines is 2. The third-order valence-electron chi connectivity index (χ3n) is 6.71. The van der Waals surface area contributed by atoms with Crippen molar-refractivity contribution in [3.8, 4) is 17.6 Å². The smallest absolute Gasteiger partial charge is 0.311 e. The summed E-state index contributed by atoms with van der Waals surface area (Å²) in [5.41, 5.74) is 2.34. The molecular formula is C29H25Cl2N5O4. The molecule has 0 saturated carbocycles. The number of nitro benzene ring substituents is 1. The van der Waals surface area contributed by atoms with Crippen LogP contribution in [0.4, 0.5) is 17.1 Å². The minimum Gasteiger partial charge on any atom is -0.487 e. The monoisotopic (exact) mass is 577 g/mol. The fourth-order valence-electron chi connectivity index (χ4n) is 4.58. The minimum absolute atomic E-state index is 0.120. The minimum atomic E-state index is -0.477. The first-order valence-corrected chi connectivity index (χ1v) is 13.4. The summed E-state index contributed by atoms with van der Waals surface area (Å²) in [6.45, 7) is 2.00. The molecule has 4 aromatic rings. The van der Waals surface area contributed by atoms with Crippen LogP contribution >= 0.6 is 23.2 Å². The number of nitrogens with zero attached hydrogens (tertiary/aromatic N) is 4. The topological polar surface area (TPSA) is 114 Å². The third-order valence-corrected chi connectivity index (χ3v) is 7.24. The average Bonchev–Trinajstić information content (AvgIpc) is 2.93. The SMILES string of the molecule is CN1CCC(Oc2cc3ncc(C#N)c(Nc4ccc(OCc5cccc(Cl)c5)c(Cl)c4)c3cc2[N+](=O)[O-])CC1. The predicted octanol–water partition coefficient (Wildman–Crippen LogP) is 7.12. The number of aromatic nitrogens is 1. The molecule has 1 saturated heterocycles. The lowest BCUT2D eigenvalue weighted by Crippen LogP contribution is -2.35. The molecule has 40 heavy (non-hydrogen) atoms. The number of rotatable bonds is 8. The maximum atomic E-state index is 12.0. The molecule has 3 aromatic carbocycles. The molecular weight excluding hydrogens is 553 g/mol. The number of ether oxygens (including phenoxy) is 2. The molecule has 0 unspecified atom stereocenters. The molecule has 11 heteroatoms. The Kier molecular flexibility index (Phi) is 8.21. The van der Waals surface area contributed by atoms with Gasteiger partial charge in [0.05, 0.1) is 26.7 Å². The van der Waals surface area contributed by atoms with Crippen molar-refractivity contribution in [1.82, 2.24) is 9.88 Å². The molecule has 0 amide bonds. The van der Waals surface area contributed by atoms with Crippen LogP contribution in [0.3, 0.4) is 0 Å². The number of hydrogen-bond donors (Lipinski definition) is 1. The molecule has 0 bridgehead atoms. The highest BCUT2D eigenvalue weighted by molar-refractivity contribution is 6.32. The Balaban J connectivity index is 1.43. The molecule has 0 radical (unpaired) electrons. The van der Waals surface area contributed by atoms with Crippen molar-refractivity contribution in [2.45, 2.75) is 25.6 Å². The Bertz CT molecular complexity index is 1620. The van der Waals surface area contributed by atoms with Gasteiger partial charge in [0.15, 0.2) is 5.75 Å². The van der Waals surface area contributed by atoms with Crippen LogP contribution in [0.2, 0.25) is 10.0 Å². The second-order valence-electron chi connectivity index (χ2n) is 9.56. The van der Waals surface area contributed by atoms with Gasteiger partial charge in [-0.2, -0.15) is 5.26 Å². The number of piperidine rings is 1. The van der Waals surface area contributed by atoms with Crippen molar-refractivity contribution in [1.29, 1.82) is 5.26 Å². The maximum absolute atomic E-state index is 12.0. The zero-order valence-electron chi connectivity index (χ0n) is 21.6. The van der Waals surface area contributed by atoms with Gasteiger partial charge in [-0.1, -0.05) is 35.3 Å². The second-order valence-corrected chi connectivity index (χ2v) is 10.4. The first-order valence-electron chi connectivity index (χ1n) is 12.6. The molecule has 1 aromatic heterocycles. The molecule has 1 aliphatic heterocycles. The van der Waals surface area contributed by atoms with E-state index in [4.69, 9.17) is 32.7 Å². The van der Waals surface area contributed by atoms with E-state index in [1.807, 2.05) is 25.2 Å². The quantitative estimate of drug-likeness (QED) is 0.174. The van der Waals surface area contributed by atoms with Gasteiger partial charge in [-0.15, -0.1) is 0 Å². The molecule has 1 fully saturated rings. The summed E-state index contributed by atoms with van der Waals surface area (Å²) in [5.74, 6) is 0.637. The Labute approximate surface area is 241 Å². The lowest BCUT2D eigenvalue weighted by Gasteiger charge is -2.29. The normalized spacial score (nSPS) is 14.1. The lowest BCUT2D eigenvalue weighted by molar-refractivity contribution is -0.386. The summed E-state index contributed by atoms with van der Waals surface area (Å²) < 4.78 is 11.9. The Hall–Kier alpha value is -4.10. The standard InChI is InChI=1S/C29H25Cl2N5O4/c1-35-9-7-22(8-10-35)40-28-14-25-23(13-26(28)36(37)38)29(19(15-32)16-33-25)34-21-5-6-27(24(31)12-21)39-17-18-3-2-4-20(30)11-18/h2-6,11-14,16,22H,7-10,17H2,1H3,(H,33,34). The highest BCUT2D eigenvalue weighted by atomic mass is 35.5. The molecule has 0 spiro atoms. The molecule has 204 valence electrons. The van der Waals surface area contributed by atoms with E-state index in [1.165, 1.54) is 12.3 Å². The number of pyridine rings is 1. The molecule has 9 nitrogen and oxygen atoms in total. The zero-order valence-corrected chi connectivity index (χ0v) is 23.1. The van der Waals surface area contributed by atoms with Crippen molar-refractivity contribution >= 4 is 51.2 Å². The molecule has 1 N–H and O–H groups in total. The van der Waals surface area contributed by atoms with Crippen LogP contribution in [0.1, 0.15) is 24.0 Å². The van der Waals surface area contributed by atoms with E-state index in [9.17, 15) is 15.4 Å². The van der Waals surface area contributed by atoms with E-state index in [2.05, 4.69) is 21.3 Å². The van der Waals surface area contributed by atoms with Crippen LogP contribution in [0.5, 0.6) is 11.5 Å². The Morgan fingerprint density at radius 2 is 1.95 bits per heavy atom. The Morgan fingerprint density at radius 3 is 2.65 bits per heavy atom. The van der Waals surface area contributed by atoms with Crippen LogP contribution < -0.4 is 14.8 Å². The highest BCUT2D eigenvalue weighted by Gasteiger charge is 2.25. The van der Waals surface area contributed by atoms with E-state index < -0.39 is 4.92 Å². The number of nitriles is 1. The van der Waals surface area contributed by atoms with Crippen LogP contribution in [-0.2, 0) is 6.61 Å². The van der Waals surface area contributed by atoms with Crippen molar-refractivity contribution < 1.29 is 14.4 Å². The van der Waals surface area contributed by atoms with Crippen molar-refractivity contribution in [2.24, 2.45) is 0 Å². The number of nitrogens with one attached hydrogen (secondary N) is 1. The molecule has 5 rings (SSSR count). The van der Waals surface area contributed by atoms with Gasteiger partial charge < -0.3 is 19.7 Å². The van der Waals surface area contributed by atoms with E-state index in [1.54, 1.807) is 30.3 Å². The average molecular weight is 578 g/mol. The van der Waals surface area contributed by atoms with Crippen LogP contribution in [0.25, 0.3) is 10.9 Å². The van der Waals surface area contributed by atoms with E-state index in [0.29, 0.717) is 38.1 Å². The number of fused-ring (bicyclic) bond motifs is 1. The second kappa shape index (κ2) is 12.0. The maximum Gasteiger partial charge on any atom is 0.311 e. The van der Waals surface area contributed by atoms with Gasteiger partial charge in [0.1, 0.15) is 24.5 Å². The molecule has 0 aliphatic carbocycles. The number of hydrogen-bond acceptors (Lipinski definition) is 8. The van der Waals surface area contributed by atoms with Crippen molar-refractivity contribution in [2.75, 3.05) is 25.5 Å². The molecule has 0 atom stereocenters. The fraction of sp³-hybridized carbons (Fsp3) is 0.241. The van der Waals surface area contributed by atoms with Crippen molar-refractivity contribution in [3.63, 3.8) is 0 Å². The zero-order chi connectivity index (χ0) is 28.2. The number of nitro groups is 1. The number of benzene rings is 3. The fourth-order valence-corrected chi connectivity index (χ4v) is 5.02. The Morgan fingerprint density at radius 1 is 1.15 bits per heavy atom. The van der Waals surface area contributed by atoms with Crippen molar-refractivity contribution in [3.05, 3.63) is 92.1 Å². The van der Waals surface area contributed by atoms with Gasteiger partial charge in [-0.25, -0.2) is 0 Å². The van der Waals surface area contributed by atoms with E-state index >= 15 is 0 Å². The molecule has 1 aliphatic rings. The summed E-state index contributed by atoms with van der Waals surface area (Å²) in [5, 5.41) is 26.4. The van der Waals surface area contributed by atoms with Gasteiger partial charge in [0, 0.05) is 47.5 Å². The lowest BCUT2D eigenvalue weighted by atomic mass is 10.1. The van der Waals surface area contributed by atoms with Gasteiger partial charge in [0.25, 0.3) is 0 Å². The highest BCUT2D eigenvalue weighted by Crippen LogP contribution is 2.39. The van der Waals surface area contributed by atoms with E-state index in [0.717, 1.165) is 31.5 Å². The predicted molar refractivity (Wildman–Crippen MR) is 155 cm³/mol. The van der Waals surface area contributed by atoms with Crippen LogP contribution in [0.15, 0.2) is 60.8 Å². The van der Waals surface area contributed by atoms with Gasteiger partial charge in [0.2, 0.25) is 0 Å². The van der Waals surface area contributed by atoms with Crippen LogP contribution in [0, 0.1) is 21.4 Å². The first kappa shape index (κ1) is 27.5. The van der Waals surface area contributed by atoms with Gasteiger partial charge >= 0.3 is 5.69 Å². The third kappa shape index (κ3) is 6.20. The summed E-state index contributed by atoms with van der Waals surface area (Å²) in [6, 6.07) is 17.5. The number of halogens is 2. The largest absolute Gasteiger partial charge is 0.487 e. The first-order chi connectivity index (χ1) is 19.3. The number of likely N-dealkylation sites (tertiary alicyclic amines) is 1. The summed E-state index contributed by atoms with van der Waals surface area (Å²) in [6.07, 6.45) is 2.86. The summed E-state index contributed by atoms with van der Waals surface area (Å²) in [4.78, 5) is 18.1. The van der Waals surface area contributed by atoms with Gasteiger partial charge in [-0.3, -0.25) is 15.1 Å².